The molecule has 0 heterocycles. The molecule has 0 amide bonds. The van der Waals surface area contributed by atoms with E-state index in [1.165, 1.54) is 0 Å². The van der Waals surface area contributed by atoms with Crippen LogP contribution in [0.2, 0.25) is 0 Å². The molecule has 2 aromatic carbocycles. The van der Waals surface area contributed by atoms with Crippen molar-refractivity contribution in [2.24, 2.45) is 0 Å². The summed E-state index contributed by atoms with van der Waals surface area (Å²) in [6.45, 7) is 2.04. The molecule has 0 radical (unpaired) electrons. The molecule has 82 valence electrons. The van der Waals surface area contributed by atoms with E-state index in [4.69, 9.17) is 0 Å². The van der Waals surface area contributed by atoms with E-state index in [0.717, 1.165) is 23.1 Å². The van der Waals surface area contributed by atoms with E-state index in [9.17, 15) is 10.2 Å². The Hall–Kier alpha value is -1.96. The second-order valence-electron chi connectivity index (χ2n) is 3.76. The summed E-state index contributed by atoms with van der Waals surface area (Å²) < 4.78 is 0. The molecular weight excluding hydrogens is 200 g/mol. The largest absolute Gasteiger partial charge is 0.508 e. The van der Waals surface area contributed by atoms with Gasteiger partial charge in [-0.05, 0) is 35.7 Å². The first kappa shape index (κ1) is 10.6. The highest BCUT2D eigenvalue weighted by Crippen LogP contribution is 2.31. The van der Waals surface area contributed by atoms with E-state index in [0.29, 0.717) is 0 Å². The first-order valence-corrected chi connectivity index (χ1v) is 5.32. The highest BCUT2D eigenvalue weighted by molar-refractivity contribution is 5.71. The van der Waals surface area contributed by atoms with Crippen LogP contribution in [0.25, 0.3) is 11.1 Å². The van der Waals surface area contributed by atoms with Crippen molar-refractivity contribution in [1.29, 1.82) is 0 Å². The minimum atomic E-state index is 0.205. The van der Waals surface area contributed by atoms with Crippen LogP contribution >= 0.6 is 0 Å². The van der Waals surface area contributed by atoms with E-state index < -0.39 is 0 Å². The van der Waals surface area contributed by atoms with Crippen molar-refractivity contribution in [2.45, 2.75) is 13.3 Å². The fourth-order valence-electron chi connectivity index (χ4n) is 1.71. The molecule has 2 nitrogen and oxygen atoms in total. The molecule has 0 aliphatic heterocycles. The van der Waals surface area contributed by atoms with Crippen LogP contribution < -0.4 is 0 Å². The molecule has 0 aliphatic carbocycles. The van der Waals surface area contributed by atoms with Gasteiger partial charge in [-0.3, -0.25) is 0 Å². The fourth-order valence-corrected chi connectivity index (χ4v) is 1.71. The number of hydrogen-bond donors (Lipinski definition) is 2. The fraction of sp³-hybridized carbons (Fsp3) is 0.143. The van der Waals surface area contributed by atoms with Gasteiger partial charge in [0.15, 0.2) is 0 Å². The Balaban J connectivity index is 2.48. The zero-order valence-electron chi connectivity index (χ0n) is 9.14. The van der Waals surface area contributed by atoms with E-state index in [-0.39, 0.29) is 11.5 Å². The minimum Gasteiger partial charge on any atom is -0.508 e. The molecule has 0 saturated heterocycles. The molecule has 0 atom stereocenters. The first-order chi connectivity index (χ1) is 7.70. The van der Waals surface area contributed by atoms with Crippen molar-refractivity contribution in [1.82, 2.24) is 0 Å². The molecule has 0 bridgehead atoms. The van der Waals surface area contributed by atoms with E-state index in [1.54, 1.807) is 24.3 Å². The van der Waals surface area contributed by atoms with E-state index in [2.05, 4.69) is 0 Å². The number of aromatic hydroxyl groups is 2. The lowest BCUT2D eigenvalue weighted by Gasteiger charge is -2.07. The number of benzene rings is 2. The Morgan fingerprint density at radius 1 is 1.00 bits per heavy atom. The smallest absolute Gasteiger partial charge is 0.123 e. The van der Waals surface area contributed by atoms with Gasteiger partial charge >= 0.3 is 0 Å². The molecular formula is C14H14O2. The molecule has 0 fully saturated rings. The third kappa shape index (κ3) is 2.01. The molecule has 2 rings (SSSR count). The van der Waals surface area contributed by atoms with Gasteiger partial charge in [-0.1, -0.05) is 31.2 Å². The van der Waals surface area contributed by atoms with Crippen LogP contribution in [-0.2, 0) is 6.42 Å². The molecule has 0 spiro atoms. The summed E-state index contributed by atoms with van der Waals surface area (Å²) >= 11 is 0. The summed E-state index contributed by atoms with van der Waals surface area (Å²) in [5.74, 6) is 0.460. The SMILES string of the molecule is CCc1ccc(-c2cccc(O)c2)c(O)c1. The van der Waals surface area contributed by atoms with Crippen LogP contribution in [0.3, 0.4) is 0 Å². The number of phenolic OH excluding ortho intramolecular Hbond substituents is 2. The molecule has 2 N–H and O–H groups in total. The van der Waals surface area contributed by atoms with E-state index in [1.807, 2.05) is 25.1 Å². The highest BCUT2D eigenvalue weighted by atomic mass is 16.3. The number of rotatable bonds is 2. The number of hydrogen-bond acceptors (Lipinski definition) is 2. The van der Waals surface area contributed by atoms with Crippen LogP contribution in [0.15, 0.2) is 42.5 Å². The van der Waals surface area contributed by atoms with Crippen molar-refractivity contribution in [3.63, 3.8) is 0 Å². The second kappa shape index (κ2) is 4.27. The lowest BCUT2D eigenvalue weighted by atomic mass is 10.0. The summed E-state index contributed by atoms with van der Waals surface area (Å²) in [5, 5.41) is 19.3. The molecule has 0 saturated carbocycles. The van der Waals surface area contributed by atoms with Crippen molar-refractivity contribution < 1.29 is 10.2 Å². The highest BCUT2D eigenvalue weighted by Gasteiger charge is 2.05. The molecule has 2 heteroatoms. The Morgan fingerprint density at radius 3 is 2.44 bits per heavy atom. The zero-order chi connectivity index (χ0) is 11.5. The first-order valence-electron chi connectivity index (χ1n) is 5.32. The third-order valence-electron chi connectivity index (χ3n) is 2.63. The standard InChI is InChI=1S/C14H14O2/c1-2-10-6-7-13(14(16)8-10)11-4-3-5-12(15)9-11/h3-9,15-16H,2H2,1H3. The van der Waals surface area contributed by atoms with Gasteiger partial charge in [0, 0.05) is 5.56 Å². The third-order valence-corrected chi connectivity index (χ3v) is 2.63. The van der Waals surface area contributed by atoms with Crippen molar-refractivity contribution >= 4 is 0 Å². The lowest BCUT2D eigenvalue weighted by Crippen LogP contribution is -1.83. The Kier molecular flexibility index (Phi) is 2.82. The van der Waals surface area contributed by atoms with Gasteiger partial charge in [-0.25, -0.2) is 0 Å². The quantitative estimate of drug-likeness (QED) is 0.805. The summed E-state index contributed by atoms with van der Waals surface area (Å²) in [6.07, 6.45) is 0.897. The van der Waals surface area contributed by atoms with Crippen LogP contribution in [0, 0.1) is 0 Å². The predicted octanol–water partition coefficient (Wildman–Crippen LogP) is 3.33. The second-order valence-corrected chi connectivity index (χ2v) is 3.76. The van der Waals surface area contributed by atoms with Gasteiger partial charge in [-0.2, -0.15) is 0 Å². The molecule has 0 aromatic heterocycles. The van der Waals surface area contributed by atoms with Gasteiger partial charge < -0.3 is 10.2 Å². The number of aryl methyl sites for hydroxylation is 1. The Labute approximate surface area is 94.8 Å². The summed E-state index contributed by atoms with van der Waals surface area (Å²) in [7, 11) is 0. The normalized spacial score (nSPS) is 10.3. The van der Waals surface area contributed by atoms with Crippen molar-refractivity contribution in [2.75, 3.05) is 0 Å². The van der Waals surface area contributed by atoms with Gasteiger partial charge in [-0.15, -0.1) is 0 Å². The van der Waals surface area contributed by atoms with Crippen molar-refractivity contribution in [3.05, 3.63) is 48.0 Å². The average molecular weight is 214 g/mol. The lowest BCUT2D eigenvalue weighted by molar-refractivity contribution is 0.474. The predicted molar refractivity (Wildman–Crippen MR) is 64.6 cm³/mol. The maximum Gasteiger partial charge on any atom is 0.123 e. The zero-order valence-corrected chi connectivity index (χ0v) is 9.14. The molecule has 2 aromatic rings. The Morgan fingerprint density at radius 2 is 1.81 bits per heavy atom. The van der Waals surface area contributed by atoms with Gasteiger partial charge in [0.1, 0.15) is 11.5 Å². The van der Waals surface area contributed by atoms with Crippen LogP contribution in [-0.4, -0.2) is 10.2 Å². The number of phenols is 2. The molecule has 0 unspecified atom stereocenters. The summed E-state index contributed by atoms with van der Waals surface area (Å²) in [6, 6.07) is 12.5. The minimum absolute atomic E-state index is 0.205. The Bertz CT molecular complexity index is 504. The van der Waals surface area contributed by atoms with Crippen LogP contribution in [0.4, 0.5) is 0 Å². The van der Waals surface area contributed by atoms with Crippen LogP contribution in [0.1, 0.15) is 12.5 Å². The topological polar surface area (TPSA) is 40.5 Å². The maximum absolute atomic E-state index is 9.89. The molecule has 16 heavy (non-hydrogen) atoms. The maximum atomic E-state index is 9.89. The monoisotopic (exact) mass is 214 g/mol. The van der Waals surface area contributed by atoms with Gasteiger partial charge in [0.25, 0.3) is 0 Å². The average Bonchev–Trinajstić information content (AvgIpc) is 2.28. The van der Waals surface area contributed by atoms with Crippen LogP contribution in [0.5, 0.6) is 11.5 Å². The van der Waals surface area contributed by atoms with Gasteiger partial charge in [0.05, 0.1) is 0 Å². The summed E-state index contributed by atoms with van der Waals surface area (Å²) in [5.41, 5.74) is 2.66. The van der Waals surface area contributed by atoms with E-state index >= 15 is 0 Å². The van der Waals surface area contributed by atoms with Gasteiger partial charge in [0.2, 0.25) is 0 Å². The summed E-state index contributed by atoms with van der Waals surface area (Å²) in [4.78, 5) is 0. The van der Waals surface area contributed by atoms with Crippen molar-refractivity contribution in [3.8, 4) is 22.6 Å². The molecule has 0 aliphatic rings.